The van der Waals surface area contributed by atoms with Crippen LogP contribution in [0.15, 0.2) is 10.7 Å². The summed E-state index contributed by atoms with van der Waals surface area (Å²) in [5.41, 5.74) is 0. The first-order valence-electron chi connectivity index (χ1n) is 7.30. The second-order valence-electron chi connectivity index (χ2n) is 5.33. The van der Waals surface area contributed by atoms with Crippen LogP contribution >= 0.6 is 0 Å². The Morgan fingerprint density at radius 1 is 1.00 bits per heavy atom. The molecule has 0 nitrogen and oxygen atoms in total. The monoisotopic (exact) mass is 332 g/mol. The van der Waals surface area contributed by atoms with Gasteiger partial charge in [0.25, 0.3) is 0 Å². The van der Waals surface area contributed by atoms with Gasteiger partial charge in [-0.05, 0) is 0 Å². The summed E-state index contributed by atoms with van der Waals surface area (Å²) in [4.78, 5) is 0. The maximum absolute atomic E-state index is 4.24. The molecule has 16 heavy (non-hydrogen) atoms. The Hall–Kier alpha value is 0.539. The van der Waals surface area contributed by atoms with Crippen LogP contribution in [0.1, 0.15) is 66.2 Å². The summed E-state index contributed by atoms with van der Waals surface area (Å²) in [6, 6.07) is 0. The van der Waals surface area contributed by atoms with E-state index < -0.39 is 18.4 Å². The van der Waals surface area contributed by atoms with Gasteiger partial charge in [0.2, 0.25) is 0 Å². The van der Waals surface area contributed by atoms with Gasteiger partial charge in [0.15, 0.2) is 0 Å². The molecule has 0 amide bonds. The maximum atomic E-state index is 4.24. The Labute approximate surface area is 108 Å². The number of hydrogen-bond donors (Lipinski definition) is 0. The molecule has 1 atom stereocenters. The van der Waals surface area contributed by atoms with Crippen LogP contribution in [0.2, 0.25) is 12.8 Å². The van der Waals surface area contributed by atoms with Gasteiger partial charge in [-0.1, -0.05) is 0 Å². The summed E-state index contributed by atoms with van der Waals surface area (Å²) in [7, 11) is 0. The summed E-state index contributed by atoms with van der Waals surface area (Å²) >= 11 is -1.99. The molecular weight excluding hydrogens is 299 g/mol. The summed E-state index contributed by atoms with van der Waals surface area (Å²) in [5, 5.41) is 0. The van der Waals surface area contributed by atoms with Crippen molar-refractivity contribution in [3.05, 3.63) is 10.7 Å². The van der Waals surface area contributed by atoms with Gasteiger partial charge in [0.1, 0.15) is 0 Å². The van der Waals surface area contributed by atoms with Crippen molar-refractivity contribution in [1.29, 1.82) is 0 Å². The molecule has 0 aliphatic rings. The van der Waals surface area contributed by atoms with E-state index in [1.807, 2.05) is 0 Å². The fraction of sp³-hybridized carbons (Fsp3) is 0.867. The van der Waals surface area contributed by atoms with Crippen molar-refractivity contribution in [2.75, 3.05) is 0 Å². The molecule has 1 heteroatoms. The normalized spacial score (nSPS) is 13.8. The van der Waals surface area contributed by atoms with Gasteiger partial charge in [0, 0.05) is 0 Å². The summed E-state index contributed by atoms with van der Waals surface area (Å²) in [6.45, 7) is 13.7. The number of hydrogen-bond acceptors (Lipinski definition) is 0. The van der Waals surface area contributed by atoms with Crippen molar-refractivity contribution < 1.29 is 0 Å². The van der Waals surface area contributed by atoms with Crippen LogP contribution < -0.4 is 0 Å². The zero-order chi connectivity index (χ0) is 12.4. The van der Waals surface area contributed by atoms with Gasteiger partial charge in [-0.15, -0.1) is 0 Å². The van der Waals surface area contributed by atoms with Gasteiger partial charge >= 0.3 is 108 Å². The van der Waals surface area contributed by atoms with Crippen LogP contribution in [0.5, 0.6) is 0 Å². The molecule has 0 heterocycles. The van der Waals surface area contributed by atoms with Crippen LogP contribution in [-0.4, -0.2) is 18.4 Å². The molecule has 0 radical (unpaired) electrons. The van der Waals surface area contributed by atoms with Crippen LogP contribution in [0.25, 0.3) is 0 Å². The number of rotatable bonds is 10. The molecule has 0 aromatic heterocycles. The van der Waals surface area contributed by atoms with E-state index in [0.717, 1.165) is 3.93 Å². The Morgan fingerprint density at radius 3 is 1.81 bits per heavy atom. The molecule has 1 unspecified atom stereocenters. The molecule has 0 N–H and O–H groups in total. The second-order valence-corrected chi connectivity index (χ2v) is 19.2. The molecule has 0 fully saturated rings. The average Bonchev–Trinajstić information content (AvgIpc) is 2.30. The molecule has 0 spiro atoms. The second kappa shape index (κ2) is 9.56. The molecule has 0 aromatic rings. The predicted molar refractivity (Wildman–Crippen MR) is 79.7 cm³/mol. The summed E-state index contributed by atoms with van der Waals surface area (Å²) in [5.74, 6) is 0. The van der Waals surface area contributed by atoms with Gasteiger partial charge in [-0.2, -0.15) is 0 Å². The first kappa shape index (κ1) is 16.5. The van der Waals surface area contributed by atoms with Crippen LogP contribution in [0, 0.1) is 0 Å². The Kier molecular flexibility index (Phi) is 9.88. The molecule has 0 rings (SSSR count). The molecular formula is C15H32Sn. The Bertz CT molecular complexity index is 166. The van der Waals surface area contributed by atoms with E-state index in [9.17, 15) is 0 Å². The fourth-order valence-corrected chi connectivity index (χ4v) is 16.8. The Balaban J connectivity index is 4.57. The summed E-state index contributed by atoms with van der Waals surface area (Å²) < 4.78 is 6.60. The number of unbranched alkanes of at least 4 members (excludes halogenated alkanes) is 2. The van der Waals surface area contributed by atoms with Gasteiger partial charge in [-0.25, -0.2) is 0 Å². The predicted octanol–water partition coefficient (Wildman–Crippen LogP) is 5.95. The van der Waals surface area contributed by atoms with Gasteiger partial charge in [0.05, 0.1) is 0 Å². The summed E-state index contributed by atoms with van der Waals surface area (Å²) in [6.07, 6.45) is 8.40. The van der Waals surface area contributed by atoms with Crippen LogP contribution in [-0.2, 0) is 0 Å². The third-order valence-electron chi connectivity index (χ3n) is 4.10. The molecule has 96 valence electrons. The van der Waals surface area contributed by atoms with E-state index in [2.05, 4.69) is 38.4 Å². The van der Waals surface area contributed by atoms with Crippen molar-refractivity contribution in [3.8, 4) is 0 Å². The molecule has 0 saturated carbocycles. The van der Waals surface area contributed by atoms with Crippen LogP contribution in [0.4, 0.5) is 0 Å². The first-order chi connectivity index (χ1) is 7.66. The average molecular weight is 331 g/mol. The van der Waals surface area contributed by atoms with Gasteiger partial charge < -0.3 is 0 Å². The quantitative estimate of drug-likeness (QED) is 0.434. The fourth-order valence-electron chi connectivity index (χ4n) is 2.76. The zero-order valence-electron chi connectivity index (χ0n) is 12.0. The van der Waals surface area contributed by atoms with E-state index in [-0.39, 0.29) is 0 Å². The minimum absolute atomic E-state index is 1.01. The molecule has 0 bridgehead atoms. The standard InChI is InChI=1S/C5H11.2C4H9.C2H3.Sn/c1-3-5-4-2;2*1-3-4-2;1-2;/h3H,4-5H2,1-2H3;2*1,3-4H2,2H3;1H,2H2;. The van der Waals surface area contributed by atoms with Crippen LogP contribution in [0.3, 0.4) is 0 Å². The van der Waals surface area contributed by atoms with Crippen molar-refractivity contribution in [2.24, 2.45) is 0 Å². The topological polar surface area (TPSA) is 0 Å². The molecule has 0 aromatic carbocycles. The third-order valence-corrected chi connectivity index (χ3v) is 20.2. The van der Waals surface area contributed by atoms with E-state index in [1.54, 1.807) is 8.87 Å². The molecule has 0 aliphatic carbocycles. The molecule has 0 aliphatic heterocycles. The molecule has 0 saturated heterocycles. The first-order valence-corrected chi connectivity index (χ1v) is 14.6. The van der Waals surface area contributed by atoms with E-state index in [0.29, 0.717) is 0 Å². The van der Waals surface area contributed by atoms with Crippen molar-refractivity contribution in [2.45, 2.75) is 79.0 Å². The third kappa shape index (κ3) is 5.25. The minimum atomic E-state index is -1.99. The zero-order valence-corrected chi connectivity index (χ0v) is 14.9. The van der Waals surface area contributed by atoms with Crippen molar-refractivity contribution in [1.82, 2.24) is 0 Å². The van der Waals surface area contributed by atoms with E-state index >= 15 is 0 Å². The van der Waals surface area contributed by atoms with Crippen molar-refractivity contribution in [3.63, 3.8) is 0 Å². The Morgan fingerprint density at radius 2 is 1.50 bits per heavy atom. The van der Waals surface area contributed by atoms with Gasteiger partial charge in [-0.3, -0.25) is 0 Å². The van der Waals surface area contributed by atoms with E-state index in [1.165, 1.54) is 38.5 Å². The van der Waals surface area contributed by atoms with E-state index in [4.69, 9.17) is 0 Å². The SMILES string of the molecule is C=[CH][Sn]([CH2]CCC)([CH2]CCC)[CH](C)CCC. The van der Waals surface area contributed by atoms with Crippen molar-refractivity contribution >= 4 is 18.4 Å².